The van der Waals surface area contributed by atoms with E-state index in [1.807, 2.05) is 50.2 Å². The molecule has 0 radical (unpaired) electrons. The van der Waals surface area contributed by atoms with Crippen LogP contribution in [0.4, 0.5) is 10.8 Å². The molecule has 0 saturated carbocycles. The van der Waals surface area contributed by atoms with E-state index in [9.17, 15) is 14.4 Å². The summed E-state index contributed by atoms with van der Waals surface area (Å²) in [5.41, 5.74) is 2.93. The number of nitrogens with zero attached hydrogens (tertiary/aromatic N) is 2. The molecule has 1 aromatic heterocycles. The zero-order valence-electron chi connectivity index (χ0n) is 22.7. The van der Waals surface area contributed by atoms with Crippen molar-refractivity contribution in [1.29, 1.82) is 0 Å². The molecule has 41 heavy (non-hydrogen) atoms. The fraction of sp³-hybridized carbons (Fsp3) is 0.167. The number of aryl methyl sites for hydroxylation is 1. The normalized spacial score (nSPS) is 11.9. The van der Waals surface area contributed by atoms with Gasteiger partial charge >= 0.3 is 0 Å². The van der Waals surface area contributed by atoms with Gasteiger partial charge in [0, 0.05) is 27.7 Å². The highest BCUT2D eigenvalue weighted by Gasteiger charge is 2.18. The summed E-state index contributed by atoms with van der Waals surface area (Å²) in [6.45, 7) is 5.79. The Hall–Kier alpha value is -3.93. The lowest BCUT2D eigenvalue weighted by Gasteiger charge is -2.13. The third-order valence-electron chi connectivity index (χ3n) is 5.60. The molecule has 1 heterocycles. The van der Waals surface area contributed by atoms with E-state index < -0.39 is 11.2 Å². The van der Waals surface area contributed by atoms with Gasteiger partial charge < -0.3 is 10.6 Å². The minimum Gasteiger partial charge on any atom is -0.321 e. The van der Waals surface area contributed by atoms with Gasteiger partial charge in [0.2, 0.25) is 16.2 Å². The molecule has 0 aliphatic rings. The zero-order chi connectivity index (χ0) is 29.2. The minimum absolute atomic E-state index is 0.103. The van der Waals surface area contributed by atoms with E-state index in [2.05, 4.69) is 25.3 Å². The van der Waals surface area contributed by atoms with E-state index >= 15 is 0 Å². The lowest BCUT2D eigenvalue weighted by molar-refractivity contribution is -0.115. The van der Waals surface area contributed by atoms with Gasteiger partial charge in [-0.3, -0.25) is 19.7 Å². The molecule has 3 amide bonds. The summed E-state index contributed by atoms with van der Waals surface area (Å²) in [4.78, 5) is 44.1. The van der Waals surface area contributed by atoms with E-state index in [0.29, 0.717) is 21.5 Å². The van der Waals surface area contributed by atoms with Gasteiger partial charge in [0.15, 0.2) is 0 Å². The Morgan fingerprint density at radius 1 is 0.976 bits per heavy atom. The molecule has 4 rings (SSSR count). The highest BCUT2D eigenvalue weighted by molar-refractivity contribution is 8.00. The third-order valence-corrected chi connectivity index (χ3v) is 8.17. The molecule has 0 saturated heterocycles. The molecule has 0 bridgehead atoms. The smallest absolute Gasteiger partial charge is 0.272 e. The second kappa shape index (κ2) is 14.6. The van der Waals surface area contributed by atoms with Gasteiger partial charge in [-0.1, -0.05) is 72.8 Å². The van der Waals surface area contributed by atoms with Crippen LogP contribution in [0.15, 0.2) is 94.6 Å². The average molecular weight is 604 g/mol. The Bertz CT molecular complexity index is 1540. The zero-order valence-corrected chi connectivity index (χ0v) is 25.2. The number of aromatic nitrogens is 2. The van der Waals surface area contributed by atoms with Crippen molar-refractivity contribution in [3.8, 4) is 0 Å². The molecular weight excluding hydrogens is 575 g/mol. The van der Waals surface area contributed by atoms with Crippen molar-refractivity contribution in [2.75, 3.05) is 16.4 Å². The van der Waals surface area contributed by atoms with Crippen molar-refractivity contribution in [3.05, 3.63) is 101 Å². The van der Waals surface area contributed by atoms with Crippen LogP contribution in [-0.2, 0) is 9.59 Å². The maximum Gasteiger partial charge on any atom is 0.272 e. The lowest BCUT2D eigenvalue weighted by atomic mass is 10.1. The number of hydrogen-bond donors (Lipinski definition) is 3. The molecule has 8 nitrogen and oxygen atoms in total. The largest absolute Gasteiger partial charge is 0.321 e. The second-order valence-electron chi connectivity index (χ2n) is 8.84. The Kier molecular flexibility index (Phi) is 10.7. The van der Waals surface area contributed by atoms with Gasteiger partial charge in [-0.2, -0.15) is 9.36 Å². The minimum atomic E-state index is -0.472. The standard InChI is InChI=1S/C30H29N5O3S3/c1-4-39-30-34-29(41-35-30)33-26(36)20(3)40-24-12-8-11-23(18-24)31-28(38)25(17-21-15-13-19(2)14-16-21)32-27(37)22-9-6-5-7-10-22/h5-18,20H,4H2,1-3H3,(H,31,38)(H,32,37)(H,33,34,35,36)/b25-17-. The summed E-state index contributed by atoms with van der Waals surface area (Å²) in [6.07, 6.45) is 1.64. The van der Waals surface area contributed by atoms with E-state index in [1.165, 1.54) is 23.5 Å². The Labute approximate surface area is 251 Å². The Balaban J connectivity index is 1.45. The van der Waals surface area contributed by atoms with Crippen molar-refractivity contribution in [2.45, 2.75) is 36.1 Å². The molecule has 210 valence electrons. The molecule has 1 atom stereocenters. The number of nitrogens with one attached hydrogen (secondary N) is 3. The number of amides is 3. The van der Waals surface area contributed by atoms with Gasteiger partial charge in [0.05, 0.1) is 5.25 Å². The number of rotatable bonds is 11. The Morgan fingerprint density at radius 2 is 1.73 bits per heavy atom. The van der Waals surface area contributed by atoms with Crippen LogP contribution in [0.25, 0.3) is 6.08 Å². The van der Waals surface area contributed by atoms with Gasteiger partial charge in [-0.05, 0) is 61.6 Å². The molecule has 11 heteroatoms. The monoisotopic (exact) mass is 603 g/mol. The van der Waals surface area contributed by atoms with Crippen LogP contribution < -0.4 is 16.0 Å². The summed E-state index contributed by atoms with van der Waals surface area (Å²) in [6, 6.07) is 23.6. The number of anilines is 2. The van der Waals surface area contributed by atoms with Crippen LogP contribution in [-0.4, -0.2) is 38.1 Å². The fourth-order valence-electron chi connectivity index (χ4n) is 3.53. The first-order valence-electron chi connectivity index (χ1n) is 12.8. The van der Waals surface area contributed by atoms with E-state index in [0.717, 1.165) is 33.3 Å². The van der Waals surface area contributed by atoms with Crippen LogP contribution in [0.5, 0.6) is 0 Å². The van der Waals surface area contributed by atoms with E-state index in [-0.39, 0.29) is 17.5 Å². The maximum atomic E-state index is 13.4. The predicted octanol–water partition coefficient (Wildman–Crippen LogP) is 6.49. The fourth-order valence-corrected chi connectivity index (χ4v) is 5.73. The summed E-state index contributed by atoms with van der Waals surface area (Å²) in [5, 5.41) is 9.13. The Morgan fingerprint density at radius 3 is 2.46 bits per heavy atom. The molecule has 0 fully saturated rings. The number of benzene rings is 3. The number of hydrogen-bond acceptors (Lipinski definition) is 8. The first kappa shape index (κ1) is 30.0. The molecule has 3 aromatic carbocycles. The van der Waals surface area contributed by atoms with Crippen LogP contribution >= 0.6 is 35.1 Å². The summed E-state index contributed by atoms with van der Waals surface area (Å²) in [5.74, 6) is -0.203. The van der Waals surface area contributed by atoms with Crippen molar-refractivity contribution >= 4 is 69.7 Å². The van der Waals surface area contributed by atoms with Crippen LogP contribution in [0.2, 0.25) is 0 Å². The molecular formula is C30H29N5O3S3. The van der Waals surface area contributed by atoms with Gasteiger partial charge in [0.25, 0.3) is 11.8 Å². The van der Waals surface area contributed by atoms with Crippen LogP contribution in [0.3, 0.4) is 0 Å². The summed E-state index contributed by atoms with van der Waals surface area (Å²) >= 11 is 4.02. The quantitative estimate of drug-likeness (QED) is 0.133. The number of carbonyl (C=O) groups is 3. The predicted molar refractivity (Wildman–Crippen MR) is 168 cm³/mol. The summed E-state index contributed by atoms with van der Waals surface area (Å²) in [7, 11) is 0. The van der Waals surface area contributed by atoms with Gasteiger partial charge in [-0.15, -0.1) is 11.8 Å². The van der Waals surface area contributed by atoms with Gasteiger partial charge in [0.1, 0.15) is 5.70 Å². The van der Waals surface area contributed by atoms with Crippen molar-refractivity contribution in [2.24, 2.45) is 0 Å². The maximum absolute atomic E-state index is 13.4. The van der Waals surface area contributed by atoms with Crippen molar-refractivity contribution in [3.63, 3.8) is 0 Å². The SMILES string of the molecule is CCSc1nsc(NC(=O)C(C)Sc2cccc(NC(=O)/C(=C/c3ccc(C)cc3)NC(=O)c3ccccc3)c2)n1. The first-order valence-corrected chi connectivity index (χ1v) is 15.4. The molecule has 3 N–H and O–H groups in total. The summed E-state index contributed by atoms with van der Waals surface area (Å²) < 4.78 is 4.22. The van der Waals surface area contributed by atoms with Crippen molar-refractivity contribution < 1.29 is 14.4 Å². The molecule has 0 aliphatic carbocycles. The second-order valence-corrected chi connectivity index (χ2v) is 12.2. The molecule has 0 spiro atoms. The topological polar surface area (TPSA) is 113 Å². The molecule has 1 unspecified atom stereocenters. The number of thioether (sulfide) groups is 2. The lowest BCUT2D eigenvalue weighted by Crippen LogP contribution is -2.30. The number of carbonyl (C=O) groups excluding carboxylic acids is 3. The highest BCUT2D eigenvalue weighted by atomic mass is 32.2. The molecule has 0 aliphatic heterocycles. The molecule has 4 aromatic rings. The van der Waals surface area contributed by atoms with Crippen LogP contribution in [0.1, 0.15) is 35.3 Å². The van der Waals surface area contributed by atoms with Crippen molar-refractivity contribution in [1.82, 2.24) is 14.7 Å². The first-order chi connectivity index (χ1) is 19.8. The average Bonchev–Trinajstić information content (AvgIpc) is 3.41. The van der Waals surface area contributed by atoms with Gasteiger partial charge in [-0.25, -0.2) is 0 Å². The van der Waals surface area contributed by atoms with Crippen LogP contribution in [0, 0.1) is 6.92 Å². The third kappa shape index (κ3) is 9.04. The van der Waals surface area contributed by atoms with E-state index in [4.69, 9.17) is 0 Å². The highest BCUT2D eigenvalue weighted by Crippen LogP contribution is 2.27. The van der Waals surface area contributed by atoms with E-state index in [1.54, 1.807) is 55.5 Å².